The lowest BCUT2D eigenvalue weighted by Gasteiger charge is -2.63. The van der Waals surface area contributed by atoms with E-state index in [0.717, 1.165) is 44.1 Å². The number of fused-ring (bicyclic) bond motifs is 4. The highest BCUT2D eigenvalue weighted by Crippen LogP contribution is 2.72. The van der Waals surface area contributed by atoms with E-state index in [-0.39, 0.29) is 46.5 Å². The van der Waals surface area contributed by atoms with E-state index in [1.54, 1.807) is 12.5 Å². The van der Waals surface area contributed by atoms with Gasteiger partial charge in [-0.1, -0.05) is 64.8 Å². The number of carboxylic acid groups (broad SMARTS) is 1. The molecule has 1 unspecified atom stereocenters. The quantitative estimate of drug-likeness (QED) is 0.162. The lowest BCUT2D eigenvalue weighted by atomic mass is 9.42. The Kier molecular flexibility index (Phi) is 10.1. The second kappa shape index (κ2) is 12.7. The third-order valence-electron chi connectivity index (χ3n) is 14.0. The fourth-order valence-corrected chi connectivity index (χ4v) is 10.8. The van der Waals surface area contributed by atoms with Crippen molar-refractivity contribution in [2.75, 3.05) is 7.11 Å². The van der Waals surface area contributed by atoms with Gasteiger partial charge >= 0.3 is 17.9 Å². The molecule has 0 aliphatic heterocycles. The second-order valence-electron chi connectivity index (χ2n) is 16.9. The highest BCUT2D eigenvalue weighted by atomic mass is 16.5. The number of hydrogen-bond acceptors (Lipinski definition) is 7. The summed E-state index contributed by atoms with van der Waals surface area (Å²) >= 11 is 0. The van der Waals surface area contributed by atoms with Crippen molar-refractivity contribution in [3.05, 3.63) is 23.3 Å². The Hall–Kier alpha value is -2.19. The molecule has 8 heteroatoms. The van der Waals surface area contributed by atoms with Gasteiger partial charge in [-0.2, -0.15) is 0 Å². The third kappa shape index (κ3) is 6.10. The van der Waals surface area contributed by atoms with Gasteiger partial charge in [0.1, 0.15) is 6.10 Å². The normalized spacial score (nSPS) is 37.5. The van der Waals surface area contributed by atoms with Gasteiger partial charge in [-0.25, -0.2) is 0 Å². The summed E-state index contributed by atoms with van der Waals surface area (Å²) in [5, 5.41) is 32.2. The Morgan fingerprint density at radius 1 is 1.00 bits per heavy atom. The number of aliphatic hydroxyl groups excluding tert-OH is 1. The zero-order valence-corrected chi connectivity index (χ0v) is 29.8. The van der Waals surface area contributed by atoms with Crippen LogP contribution in [0.25, 0.3) is 0 Å². The molecule has 0 amide bonds. The number of carbonyl (C=O) groups excluding carboxylic acids is 2. The molecule has 2 saturated carbocycles. The predicted octanol–water partition coefficient (Wildman–Crippen LogP) is 7.02. The molecule has 0 bridgehead atoms. The number of carboxylic acids is 1. The predicted molar refractivity (Wildman–Crippen MR) is 177 cm³/mol. The number of hydrogen-bond donors (Lipinski definition) is 3. The van der Waals surface area contributed by atoms with Gasteiger partial charge in [0.15, 0.2) is 0 Å². The van der Waals surface area contributed by atoms with Gasteiger partial charge in [-0.05, 0) is 100 Å². The number of rotatable bonds is 11. The molecule has 0 aromatic heterocycles. The average molecular weight is 645 g/mol. The lowest BCUT2D eigenvalue weighted by Crippen LogP contribution is -2.58. The molecular weight excluding hydrogens is 584 g/mol. The zero-order chi connectivity index (χ0) is 34.6. The van der Waals surface area contributed by atoms with Crippen LogP contribution in [-0.2, 0) is 23.9 Å². The molecule has 8 nitrogen and oxygen atoms in total. The number of methoxy groups -OCH3 is 1. The monoisotopic (exact) mass is 644 g/mol. The summed E-state index contributed by atoms with van der Waals surface area (Å²) in [5.74, 6) is -1.52. The van der Waals surface area contributed by atoms with Crippen molar-refractivity contribution in [2.24, 2.45) is 45.3 Å². The van der Waals surface area contributed by atoms with E-state index in [2.05, 4.69) is 52.9 Å². The topological polar surface area (TPSA) is 130 Å². The van der Waals surface area contributed by atoms with E-state index in [4.69, 9.17) is 4.74 Å². The first-order valence-electron chi connectivity index (χ1n) is 17.5. The Bertz CT molecular complexity index is 1260. The molecule has 3 N–H and O–H groups in total. The standard InChI is InChI=1S/C38H60O8/c1-22(24(3)33(42)43)11-12-23(2)25-15-18-37(8)26-13-14-28-34(4,5)30(46-32(41)21-35(6,44)20-31(40)45-10)16-17-36(28,7)27(26)19-29(39)38(25,37)9/h23-25,28-30,39,44H,1,11-21H2,2-10H3,(H,42,43)/t23-,24+,25-,28?,29+,30-,35+,36-,37+,38+/m1/s1. The van der Waals surface area contributed by atoms with Crippen molar-refractivity contribution in [3.8, 4) is 0 Å². The fraction of sp³-hybridized carbons (Fsp3) is 0.816. The maximum atomic E-state index is 13.0. The summed E-state index contributed by atoms with van der Waals surface area (Å²) in [6, 6.07) is 0. The van der Waals surface area contributed by atoms with E-state index in [0.29, 0.717) is 31.1 Å². The summed E-state index contributed by atoms with van der Waals surface area (Å²) < 4.78 is 10.7. The van der Waals surface area contributed by atoms with Crippen molar-refractivity contribution >= 4 is 17.9 Å². The average Bonchev–Trinajstić information content (AvgIpc) is 3.25. The van der Waals surface area contributed by atoms with Crippen LogP contribution in [0.4, 0.5) is 0 Å². The van der Waals surface area contributed by atoms with E-state index in [1.165, 1.54) is 19.6 Å². The van der Waals surface area contributed by atoms with Crippen LogP contribution in [0.5, 0.6) is 0 Å². The van der Waals surface area contributed by atoms with Crippen molar-refractivity contribution < 1.29 is 39.2 Å². The second-order valence-corrected chi connectivity index (χ2v) is 16.9. The van der Waals surface area contributed by atoms with Crippen LogP contribution >= 0.6 is 0 Å². The SMILES string of the molecule is C=C(CC[C@@H](C)[C@H]1CC[C@@]2(C)C3=C(C[C@H](O)[C@]12C)[C@@]1(C)CC[C@@H](OC(=O)C[C@@](C)(O)CC(=O)OC)C(C)(C)C1CC3)[C@H](C)C(=O)O. The fourth-order valence-electron chi connectivity index (χ4n) is 10.8. The Balaban J connectivity index is 1.54. The molecule has 4 rings (SSSR count). The Labute approximate surface area is 276 Å². The van der Waals surface area contributed by atoms with Gasteiger partial charge in [0.05, 0.1) is 37.6 Å². The van der Waals surface area contributed by atoms with Crippen molar-refractivity contribution in [2.45, 2.75) is 144 Å². The largest absolute Gasteiger partial charge is 0.481 e. The van der Waals surface area contributed by atoms with E-state index in [9.17, 15) is 29.7 Å². The molecule has 0 spiro atoms. The first-order chi connectivity index (χ1) is 21.2. The van der Waals surface area contributed by atoms with E-state index >= 15 is 0 Å². The number of esters is 2. The Morgan fingerprint density at radius 3 is 2.24 bits per heavy atom. The van der Waals surface area contributed by atoms with Gasteiger partial charge in [0.25, 0.3) is 0 Å². The highest BCUT2D eigenvalue weighted by molar-refractivity contribution is 5.75. The van der Waals surface area contributed by atoms with Gasteiger partial charge in [-0.3, -0.25) is 14.4 Å². The number of aliphatic hydroxyl groups is 2. The van der Waals surface area contributed by atoms with Crippen LogP contribution in [0.15, 0.2) is 23.3 Å². The minimum Gasteiger partial charge on any atom is -0.481 e. The summed E-state index contributed by atoms with van der Waals surface area (Å²) in [6.07, 6.45) is 6.50. The minimum atomic E-state index is -1.54. The number of allylic oxidation sites excluding steroid dienone is 1. The summed E-state index contributed by atoms with van der Waals surface area (Å²) in [4.78, 5) is 36.2. The molecule has 0 radical (unpaired) electrons. The molecule has 0 aromatic carbocycles. The van der Waals surface area contributed by atoms with Crippen LogP contribution < -0.4 is 0 Å². The van der Waals surface area contributed by atoms with Crippen LogP contribution in [0.3, 0.4) is 0 Å². The van der Waals surface area contributed by atoms with E-state index in [1.807, 2.05) is 0 Å². The molecule has 2 fully saturated rings. The van der Waals surface area contributed by atoms with Crippen LogP contribution in [0, 0.1) is 45.3 Å². The number of aliphatic carboxylic acids is 1. The van der Waals surface area contributed by atoms with Crippen LogP contribution in [0.1, 0.15) is 126 Å². The number of ether oxygens (including phenoxy) is 2. The van der Waals surface area contributed by atoms with Gasteiger partial charge in [-0.15, -0.1) is 0 Å². The molecule has 10 atom stereocenters. The maximum absolute atomic E-state index is 13.0. The van der Waals surface area contributed by atoms with Gasteiger partial charge in [0.2, 0.25) is 0 Å². The van der Waals surface area contributed by atoms with Crippen molar-refractivity contribution in [1.29, 1.82) is 0 Å². The maximum Gasteiger partial charge on any atom is 0.310 e. The summed E-state index contributed by atoms with van der Waals surface area (Å²) in [7, 11) is 1.26. The van der Waals surface area contributed by atoms with Crippen LogP contribution in [-0.4, -0.2) is 58.1 Å². The molecule has 0 heterocycles. The molecule has 4 aliphatic rings. The van der Waals surface area contributed by atoms with Crippen molar-refractivity contribution in [1.82, 2.24) is 0 Å². The van der Waals surface area contributed by atoms with Gasteiger partial charge in [0, 0.05) is 10.8 Å². The zero-order valence-electron chi connectivity index (χ0n) is 29.8. The minimum absolute atomic E-state index is 0.114. The van der Waals surface area contributed by atoms with Crippen molar-refractivity contribution in [3.63, 3.8) is 0 Å². The summed E-state index contributed by atoms with van der Waals surface area (Å²) in [5.41, 5.74) is 1.38. The molecular formula is C38H60O8. The van der Waals surface area contributed by atoms with Crippen LogP contribution in [0.2, 0.25) is 0 Å². The first kappa shape index (κ1) is 36.6. The molecule has 46 heavy (non-hydrogen) atoms. The third-order valence-corrected chi connectivity index (χ3v) is 14.0. The first-order valence-corrected chi connectivity index (χ1v) is 17.5. The lowest BCUT2D eigenvalue weighted by molar-refractivity contribution is -0.175. The molecule has 0 saturated heterocycles. The van der Waals surface area contributed by atoms with Gasteiger partial charge < -0.3 is 24.8 Å². The van der Waals surface area contributed by atoms with E-state index < -0.39 is 35.5 Å². The molecule has 4 aliphatic carbocycles. The smallest absolute Gasteiger partial charge is 0.310 e. The highest BCUT2D eigenvalue weighted by Gasteiger charge is 2.66. The number of carbonyl (C=O) groups is 3. The molecule has 260 valence electrons. The molecule has 0 aromatic rings. The Morgan fingerprint density at radius 2 is 1.63 bits per heavy atom. The summed E-state index contributed by atoms with van der Waals surface area (Å²) in [6.45, 7) is 21.0.